The number of ether oxygens (including phenoxy) is 2. The minimum absolute atomic E-state index is 0.00598. The summed E-state index contributed by atoms with van der Waals surface area (Å²) >= 11 is 1.36. The maximum atomic E-state index is 12.7. The first-order chi connectivity index (χ1) is 10.7. The first-order valence-corrected chi connectivity index (χ1v) is 7.94. The van der Waals surface area contributed by atoms with Gasteiger partial charge in [-0.2, -0.15) is 0 Å². The summed E-state index contributed by atoms with van der Waals surface area (Å²) in [5.41, 5.74) is 0.863. The van der Waals surface area contributed by atoms with E-state index in [0.717, 1.165) is 5.69 Å². The van der Waals surface area contributed by atoms with Crippen LogP contribution in [0.15, 0.2) is 24.0 Å². The van der Waals surface area contributed by atoms with Crippen molar-refractivity contribution in [1.29, 1.82) is 0 Å². The second-order valence-corrected chi connectivity index (χ2v) is 6.00. The van der Waals surface area contributed by atoms with Crippen molar-refractivity contribution < 1.29 is 14.3 Å². The van der Waals surface area contributed by atoms with Gasteiger partial charge in [-0.3, -0.25) is 14.8 Å². The van der Waals surface area contributed by atoms with Gasteiger partial charge in [0.25, 0.3) is 5.91 Å². The van der Waals surface area contributed by atoms with Crippen LogP contribution in [0.25, 0.3) is 0 Å². The van der Waals surface area contributed by atoms with Crippen molar-refractivity contribution >= 4 is 17.2 Å². The number of fused-ring (bicyclic) bond motifs is 1. The minimum Gasteiger partial charge on any atom is -0.485 e. The quantitative estimate of drug-likeness (QED) is 0.862. The summed E-state index contributed by atoms with van der Waals surface area (Å²) in [6.45, 7) is 2.99. The summed E-state index contributed by atoms with van der Waals surface area (Å²) in [4.78, 5) is 23.3. The first-order valence-electron chi connectivity index (χ1n) is 7.06. The molecule has 22 heavy (non-hydrogen) atoms. The van der Waals surface area contributed by atoms with Crippen molar-refractivity contribution in [1.82, 2.24) is 14.9 Å². The van der Waals surface area contributed by atoms with E-state index in [4.69, 9.17) is 9.47 Å². The zero-order valence-corrected chi connectivity index (χ0v) is 13.3. The molecule has 0 saturated carbocycles. The lowest BCUT2D eigenvalue weighted by atomic mass is 10.1. The highest BCUT2D eigenvalue weighted by atomic mass is 32.1. The van der Waals surface area contributed by atoms with Gasteiger partial charge < -0.3 is 14.4 Å². The van der Waals surface area contributed by atoms with Crippen LogP contribution in [0.4, 0.5) is 0 Å². The molecule has 116 valence electrons. The lowest BCUT2D eigenvalue weighted by Gasteiger charge is -2.25. The van der Waals surface area contributed by atoms with Gasteiger partial charge in [-0.05, 0) is 6.92 Å². The van der Waals surface area contributed by atoms with Crippen LogP contribution in [0.5, 0.6) is 11.5 Å². The zero-order valence-electron chi connectivity index (χ0n) is 12.5. The smallest absolute Gasteiger partial charge is 0.267 e. The van der Waals surface area contributed by atoms with E-state index >= 15 is 0 Å². The molecule has 0 aliphatic carbocycles. The molecule has 0 bridgehead atoms. The van der Waals surface area contributed by atoms with Crippen LogP contribution in [0.3, 0.4) is 0 Å². The van der Waals surface area contributed by atoms with Crippen LogP contribution in [0.1, 0.15) is 22.3 Å². The largest absolute Gasteiger partial charge is 0.485 e. The van der Waals surface area contributed by atoms with E-state index in [1.165, 1.54) is 11.3 Å². The van der Waals surface area contributed by atoms with Crippen molar-refractivity contribution in [2.24, 2.45) is 0 Å². The number of rotatable bonds is 4. The van der Waals surface area contributed by atoms with E-state index < -0.39 is 0 Å². The average Bonchev–Trinajstić information content (AvgIpc) is 2.98. The van der Waals surface area contributed by atoms with E-state index in [0.29, 0.717) is 36.0 Å². The van der Waals surface area contributed by atoms with Crippen molar-refractivity contribution in [2.45, 2.75) is 19.4 Å². The topological polar surface area (TPSA) is 64.6 Å². The standard InChI is InChI=1S/C15H17N3O3S/c1-10(7-11-8-16-3-4-17-11)18(2)15(19)14-13-12(9-22-14)20-5-6-21-13/h3-4,8-10H,5-7H2,1-2H3. The number of aromatic nitrogens is 2. The van der Waals surface area contributed by atoms with Gasteiger partial charge in [0, 0.05) is 43.5 Å². The van der Waals surface area contributed by atoms with Crippen LogP contribution in [-0.2, 0) is 6.42 Å². The van der Waals surface area contributed by atoms with Crippen molar-refractivity contribution in [3.63, 3.8) is 0 Å². The summed E-state index contributed by atoms with van der Waals surface area (Å²) in [7, 11) is 1.79. The number of thiophene rings is 1. The number of carbonyl (C=O) groups excluding carboxylic acids is 1. The lowest BCUT2D eigenvalue weighted by molar-refractivity contribution is 0.0739. The molecule has 1 amide bonds. The average molecular weight is 319 g/mol. The Morgan fingerprint density at radius 1 is 1.41 bits per heavy atom. The van der Waals surface area contributed by atoms with Crippen LogP contribution in [-0.4, -0.2) is 47.1 Å². The molecule has 1 aliphatic rings. The van der Waals surface area contributed by atoms with Gasteiger partial charge in [0.2, 0.25) is 0 Å². The molecular weight excluding hydrogens is 302 g/mol. The van der Waals surface area contributed by atoms with Gasteiger partial charge in [-0.15, -0.1) is 11.3 Å². The van der Waals surface area contributed by atoms with Crippen molar-refractivity contribution in [2.75, 3.05) is 20.3 Å². The van der Waals surface area contributed by atoms with E-state index in [9.17, 15) is 4.79 Å². The Balaban J connectivity index is 1.72. The molecule has 7 heteroatoms. The third kappa shape index (κ3) is 2.89. The first kappa shape index (κ1) is 14.8. The maximum Gasteiger partial charge on any atom is 0.267 e. The lowest BCUT2D eigenvalue weighted by Crippen LogP contribution is -2.36. The molecule has 1 aliphatic heterocycles. The molecule has 1 atom stereocenters. The Kier molecular flexibility index (Phi) is 4.24. The van der Waals surface area contributed by atoms with E-state index in [2.05, 4.69) is 9.97 Å². The molecule has 6 nitrogen and oxygen atoms in total. The van der Waals surface area contributed by atoms with Gasteiger partial charge in [0.05, 0.1) is 5.69 Å². The van der Waals surface area contributed by atoms with Crippen LogP contribution >= 0.6 is 11.3 Å². The Bertz CT molecular complexity index is 659. The van der Waals surface area contributed by atoms with E-state index in [1.807, 2.05) is 12.3 Å². The Morgan fingerprint density at radius 3 is 3.00 bits per heavy atom. The minimum atomic E-state index is -0.0619. The highest BCUT2D eigenvalue weighted by Crippen LogP contribution is 2.39. The predicted molar refractivity (Wildman–Crippen MR) is 82.6 cm³/mol. The Labute approximate surface area is 132 Å². The molecule has 0 spiro atoms. The molecule has 2 aromatic rings. The van der Waals surface area contributed by atoms with Gasteiger partial charge >= 0.3 is 0 Å². The van der Waals surface area contributed by atoms with Gasteiger partial charge in [-0.1, -0.05) is 0 Å². The number of nitrogens with zero attached hydrogens (tertiary/aromatic N) is 3. The normalized spacial score (nSPS) is 14.5. The zero-order chi connectivity index (χ0) is 15.5. The SMILES string of the molecule is CC(Cc1cnccn1)N(C)C(=O)c1scc2c1OCCO2. The number of likely N-dealkylation sites (N-methyl/N-ethyl adjacent to an activating group) is 1. The van der Waals surface area contributed by atoms with Crippen molar-refractivity contribution in [3.8, 4) is 11.5 Å². The number of hydrogen-bond acceptors (Lipinski definition) is 6. The second kappa shape index (κ2) is 6.31. The Morgan fingerprint density at radius 2 is 2.23 bits per heavy atom. The maximum absolute atomic E-state index is 12.7. The molecule has 0 radical (unpaired) electrons. The van der Waals surface area contributed by atoms with Crippen molar-refractivity contribution in [3.05, 3.63) is 34.5 Å². The summed E-state index contributed by atoms with van der Waals surface area (Å²) in [6, 6.07) is 0.00598. The monoisotopic (exact) mass is 319 g/mol. The molecule has 2 aromatic heterocycles. The predicted octanol–water partition coefficient (Wildman–Crippen LogP) is 2.01. The van der Waals surface area contributed by atoms with Gasteiger partial charge in [0.1, 0.15) is 18.1 Å². The van der Waals surface area contributed by atoms with E-state index in [-0.39, 0.29) is 11.9 Å². The second-order valence-electron chi connectivity index (χ2n) is 5.12. The molecule has 1 unspecified atom stereocenters. The fraction of sp³-hybridized carbons (Fsp3) is 0.400. The summed E-state index contributed by atoms with van der Waals surface area (Å²) in [5.74, 6) is 1.17. The molecule has 3 rings (SSSR count). The van der Waals surface area contributed by atoms with Gasteiger partial charge in [-0.25, -0.2) is 0 Å². The molecule has 0 aromatic carbocycles. The van der Waals surface area contributed by atoms with Crippen LogP contribution < -0.4 is 9.47 Å². The molecule has 3 heterocycles. The molecule has 0 fully saturated rings. The highest BCUT2D eigenvalue weighted by Gasteiger charge is 2.27. The molecule has 0 N–H and O–H groups in total. The third-order valence-corrected chi connectivity index (χ3v) is 4.53. The van der Waals surface area contributed by atoms with Crippen LogP contribution in [0.2, 0.25) is 0 Å². The number of carbonyl (C=O) groups is 1. The number of hydrogen-bond donors (Lipinski definition) is 0. The number of amides is 1. The van der Waals surface area contributed by atoms with Gasteiger partial charge in [0.15, 0.2) is 11.5 Å². The molecular formula is C15H17N3O3S. The summed E-state index contributed by atoms with van der Waals surface area (Å²) in [5, 5.41) is 1.82. The van der Waals surface area contributed by atoms with Crippen LogP contribution in [0, 0.1) is 0 Å². The summed E-state index contributed by atoms with van der Waals surface area (Å²) in [6.07, 6.45) is 5.67. The summed E-state index contributed by atoms with van der Waals surface area (Å²) < 4.78 is 11.1. The third-order valence-electron chi connectivity index (χ3n) is 3.60. The Hall–Kier alpha value is -2.15. The fourth-order valence-corrected chi connectivity index (χ4v) is 3.16. The van der Waals surface area contributed by atoms with E-state index in [1.54, 1.807) is 30.5 Å². The fourth-order valence-electron chi connectivity index (χ4n) is 2.25. The highest BCUT2D eigenvalue weighted by molar-refractivity contribution is 7.12. The molecule has 0 saturated heterocycles.